The normalized spacial score (nSPS) is 12.0. The number of thioether (sulfide) groups is 1. The van der Waals surface area contributed by atoms with E-state index in [0.29, 0.717) is 17.2 Å². The molecular formula is C18H18ClF2NO2S. The molecule has 0 saturated heterocycles. The number of amides is 1. The smallest absolute Gasteiger partial charge is 0.387 e. The summed E-state index contributed by atoms with van der Waals surface area (Å²) in [6.45, 7) is -1.01. The van der Waals surface area contributed by atoms with Crippen LogP contribution in [0.5, 0.6) is 5.75 Å². The van der Waals surface area contributed by atoms with Crippen molar-refractivity contribution in [2.75, 3.05) is 5.75 Å². The second-order valence-electron chi connectivity index (χ2n) is 5.27. The molecule has 25 heavy (non-hydrogen) atoms. The summed E-state index contributed by atoms with van der Waals surface area (Å²) in [6.07, 6.45) is 0.354. The van der Waals surface area contributed by atoms with E-state index in [-0.39, 0.29) is 17.7 Å². The van der Waals surface area contributed by atoms with Gasteiger partial charge in [0.2, 0.25) is 5.91 Å². The summed E-state index contributed by atoms with van der Waals surface area (Å²) in [5.74, 6) is 0.622. The maximum Gasteiger partial charge on any atom is 0.387 e. The highest BCUT2D eigenvalue weighted by Crippen LogP contribution is 2.27. The molecule has 2 aromatic rings. The van der Waals surface area contributed by atoms with Gasteiger partial charge in [0.25, 0.3) is 0 Å². The molecule has 0 aliphatic heterocycles. The lowest BCUT2D eigenvalue weighted by molar-refractivity contribution is -0.121. The van der Waals surface area contributed by atoms with Gasteiger partial charge in [-0.3, -0.25) is 4.79 Å². The van der Waals surface area contributed by atoms with Crippen molar-refractivity contribution in [3.63, 3.8) is 0 Å². The minimum Gasteiger partial charge on any atom is -0.435 e. The van der Waals surface area contributed by atoms with Crippen LogP contribution in [0.25, 0.3) is 0 Å². The van der Waals surface area contributed by atoms with Crippen molar-refractivity contribution in [2.45, 2.75) is 30.9 Å². The van der Waals surface area contributed by atoms with Crippen LogP contribution in [0.4, 0.5) is 8.78 Å². The van der Waals surface area contributed by atoms with Gasteiger partial charge in [-0.25, -0.2) is 0 Å². The molecule has 7 heteroatoms. The fourth-order valence-electron chi connectivity index (χ4n) is 2.15. The number of alkyl halides is 2. The summed E-state index contributed by atoms with van der Waals surface area (Å²) >= 11 is 7.60. The summed E-state index contributed by atoms with van der Waals surface area (Å²) in [5.41, 5.74) is 0.814. The molecule has 0 saturated carbocycles. The molecule has 0 aliphatic carbocycles. The molecule has 1 unspecified atom stereocenters. The Morgan fingerprint density at radius 1 is 1.20 bits per heavy atom. The van der Waals surface area contributed by atoms with Crippen LogP contribution in [0.15, 0.2) is 53.4 Å². The summed E-state index contributed by atoms with van der Waals surface area (Å²) in [7, 11) is 0. The van der Waals surface area contributed by atoms with E-state index in [0.717, 1.165) is 10.5 Å². The predicted octanol–water partition coefficient (Wildman–Crippen LogP) is 5.30. The van der Waals surface area contributed by atoms with Crippen LogP contribution in [0, 0.1) is 0 Å². The zero-order valence-electron chi connectivity index (χ0n) is 13.5. The fraction of sp³-hybridized carbons (Fsp3) is 0.278. The molecule has 3 nitrogen and oxygen atoms in total. The molecule has 2 aromatic carbocycles. The SMILES string of the molecule is CC(NC(=O)CCSc1ccccc1Cl)c1ccc(OC(F)F)cc1. The van der Waals surface area contributed by atoms with Gasteiger partial charge >= 0.3 is 6.61 Å². The van der Waals surface area contributed by atoms with Crippen molar-refractivity contribution < 1.29 is 18.3 Å². The van der Waals surface area contributed by atoms with Crippen molar-refractivity contribution in [3.8, 4) is 5.75 Å². The molecule has 0 spiro atoms. The van der Waals surface area contributed by atoms with Crippen LogP contribution in [-0.4, -0.2) is 18.3 Å². The average molecular weight is 386 g/mol. The summed E-state index contributed by atoms with van der Waals surface area (Å²) in [5, 5.41) is 3.56. The Balaban J connectivity index is 1.78. The van der Waals surface area contributed by atoms with Crippen LogP contribution < -0.4 is 10.1 Å². The molecule has 134 valence electrons. The predicted molar refractivity (Wildman–Crippen MR) is 96.4 cm³/mol. The number of hydrogen-bond acceptors (Lipinski definition) is 3. The first-order valence-corrected chi connectivity index (χ1v) is 9.03. The first-order chi connectivity index (χ1) is 12.0. The number of carbonyl (C=O) groups is 1. The molecule has 1 N–H and O–H groups in total. The molecule has 0 aliphatic rings. The Kier molecular flexibility index (Phi) is 7.52. The number of ether oxygens (including phenoxy) is 1. The van der Waals surface area contributed by atoms with E-state index in [1.165, 1.54) is 23.9 Å². The Bertz CT molecular complexity index is 698. The number of benzene rings is 2. The van der Waals surface area contributed by atoms with Crippen LogP contribution in [0.2, 0.25) is 5.02 Å². The highest BCUT2D eigenvalue weighted by molar-refractivity contribution is 7.99. The lowest BCUT2D eigenvalue weighted by Crippen LogP contribution is -2.26. The Morgan fingerprint density at radius 2 is 1.88 bits per heavy atom. The molecule has 1 amide bonds. The Morgan fingerprint density at radius 3 is 2.52 bits per heavy atom. The van der Waals surface area contributed by atoms with E-state index in [2.05, 4.69) is 10.1 Å². The highest BCUT2D eigenvalue weighted by Gasteiger charge is 2.11. The zero-order chi connectivity index (χ0) is 18.2. The first kappa shape index (κ1) is 19.5. The molecule has 0 bridgehead atoms. The van der Waals surface area contributed by atoms with Crippen molar-refractivity contribution in [1.82, 2.24) is 5.32 Å². The van der Waals surface area contributed by atoms with Gasteiger partial charge in [-0.1, -0.05) is 35.9 Å². The minimum atomic E-state index is -2.85. The van der Waals surface area contributed by atoms with Crippen molar-refractivity contribution in [3.05, 3.63) is 59.1 Å². The van der Waals surface area contributed by atoms with Crippen LogP contribution >= 0.6 is 23.4 Å². The standard InChI is InChI=1S/C18H18ClF2NO2S/c1-12(13-6-8-14(9-7-13)24-18(20)21)22-17(23)10-11-25-16-5-3-2-4-15(16)19/h2-9,12,18H,10-11H2,1H3,(H,22,23). The largest absolute Gasteiger partial charge is 0.435 e. The molecule has 1 atom stereocenters. The molecular weight excluding hydrogens is 368 g/mol. The third-order valence-electron chi connectivity index (χ3n) is 3.41. The Hall–Kier alpha value is -1.79. The van der Waals surface area contributed by atoms with Gasteiger partial charge in [0.1, 0.15) is 5.75 Å². The van der Waals surface area contributed by atoms with Gasteiger partial charge in [0.15, 0.2) is 0 Å². The quantitative estimate of drug-likeness (QED) is 0.626. The van der Waals surface area contributed by atoms with Gasteiger partial charge < -0.3 is 10.1 Å². The third-order valence-corrected chi connectivity index (χ3v) is 4.92. The third kappa shape index (κ3) is 6.55. The van der Waals surface area contributed by atoms with Gasteiger partial charge in [-0.05, 0) is 36.8 Å². The number of carbonyl (C=O) groups excluding carboxylic acids is 1. The van der Waals surface area contributed by atoms with Gasteiger partial charge in [-0.15, -0.1) is 11.8 Å². The van der Waals surface area contributed by atoms with Crippen LogP contribution in [0.1, 0.15) is 24.9 Å². The maximum absolute atomic E-state index is 12.1. The van der Waals surface area contributed by atoms with E-state index in [9.17, 15) is 13.6 Å². The number of nitrogens with one attached hydrogen (secondary N) is 1. The molecule has 2 rings (SSSR count). The Labute approximate surface area is 154 Å². The van der Waals surface area contributed by atoms with E-state index in [1.54, 1.807) is 12.1 Å². The van der Waals surface area contributed by atoms with Crippen LogP contribution in [0.3, 0.4) is 0 Å². The highest BCUT2D eigenvalue weighted by atomic mass is 35.5. The van der Waals surface area contributed by atoms with Gasteiger partial charge in [0.05, 0.1) is 11.1 Å². The fourth-order valence-corrected chi connectivity index (χ4v) is 3.34. The lowest BCUT2D eigenvalue weighted by Gasteiger charge is -2.15. The summed E-state index contributed by atoms with van der Waals surface area (Å²) in [6, 6.07) is 13.5. The molecule has 0 fully saturated rings. The number of halogens is 3. The van der Waals surface area contributed by atoms with E-state index in [4.69, 9.17) is 11.6 Å². The van der Waals surface area contributed by atoms with E-state index in [1.807, 2.05) is 31.2 Å². The van der Waals surface area contributed by atoms with Crippen molar-refractivity contribution >= 4 is 29.3 Å². The summed E-state index contributed by atoms with van der Waals surface area (Å²) in [4.78, 5) is 13.0. The number of hydrogen-bond donors (Lipinski definition) is 1. The monoisotopic (exact) mass is 385 g/mol. The van der Waals surface area contributed by atoms with Gasteiger partial charge in [0, 0.05) is 17.1 Å². The van der Waals surface area contributed by atoms with Crippen molar-refractivity contribution in [1.29, 1.82) is 0 Å². The van der Waals surface area contributed by atoms with E-state index < -0.39 is 6.61 Å². The number of rotatable bonds is 8. The first-order valence-electron chi connectivity index (χ1n) is 7.67. The van der Waals surface area contributed by atoms with Gasteiger partial charge in [-0.2, -0.15) is 8.78 Å². The average Bonchev–Trinajstić information content (AvgIpc) is 2.56. The lowest BCUT2D eigenvalue weighted by atomic mass is 10.1. The maximum atomic E-state index is 12.1. The molecule has 0 heterocycles. The second-order valence-corrected chi connectivity index (χ2v) is 6.81. The van der Waals surface area contributed by atoms with Crippen LogP contribution in [-0.2, 0) is 4.79 Å². The van der Waals surface area contributed by atoms with Crippen molar-refractivity contribution in [2.24, 2.45) is 0 Å². The second kappa shape index (κ2) is 9.63. The molecule has 0 aromatic heterocycles. The topological polar surface area (TPSA) is 38.3 Å². The summed E-state index contributed by atoms with van der Waals surface area (Å²) < 4.78 is 28.6. The minimum absolute atomic E-state index is 0.0834. The van der Waals surface area contributed by atoms with E-state index >= 15 is 0 Å². The zero-order valence-corrected chi connectivity index (χ0v) is 15.1. The molecule has 0 radical (unpaired) electrons.